The van der Waals surface area contributed by atoms with Gasteiger partial charge in [0, 0.05) is 43.2 Å². The maximum atomic E-state index is 5.58. The molecule has 2 heterocycles. The lowest BCUT2D eigenvalue weighted by Gasteiger charge is -2.06. The highest BCUT2D eigenvalue weighted by atomic mass is 16.5. The van der Waals surface area contributed by atoms with Crippen molar-refractivity contribution in [2.24, 2.45) is 0 Å². The lowest BCUT2D eigenvalue weighted by Crippen LogP contribution is -2.08. The van der Waals surface area contributed by atoms with Gasteiger partial charge in [-0.15, -0.1) is 0 Å². The van der Waals surface area contributed by atoms with E-state index in [4.69, 9.17) is 9.47 Å². The quantitative estimate of drug-likeness (QED) is 0.627. The molecule has 0 aliphatic heterocycles. The van der Waals surface area contributed by atoms with Crippen LogP contribution in [0.3, 0.4) is 0 Å². The molecule has 2 aromatic heterocycles. The zero-order valence-corrected chi connectivity index (χ0v) is 12.7. The van der Waals surface area contributed by atoms with E-state index in [1.165, 1.54) is 22.0 Å². The van der Waals surface area contributed by atoms with Gasteiger partial charge in [0.15, 0.2) is 0 Å². The second-order valence-electron chi connectivity index (χ2n) is 5.10. The van der Waals surface area contributed by atoms with E-state index in [0.29, 0.717) is 19.8 Å². The van der Waals surface area contributed by atoms with Gasteiger partial charge in [-0.25, -0.2) is 0 Å². The molecule has 0 saturated carbocycles. The van der Waals surface area contributed by atoms with Gasteiger partial charge in [-0.3, -0.25) is 4.98 Å². The van der Waals surface area contributed by atoms with E-state index in [9.17, 15) is 0 Å². The third-order valence-corrected chi connectivity index (χ3v) is 3.68. The molecule has 0 saturated heterocycles. The molecule has 3 rings (SSSR count). The largest absolute Gasteiger partial charge is 0.382 e. The molecule has 0 fully saturated rings. The maximum absolute atomic E-state index is 5.58. The number of pyridine rings is 1. The van der Waals surface area contributed by atoms with Crippen molar-refractivity contribution in [1.29, 1.82) is 0 Å². The van der Waals surface area contributed by atoms with Crippen molar-refractivity contribution in [1.82, 2.24) is 9.55 Å². The average molecular weight is 296 g/mol. The molecule has 22 heavy (non-hydrogen) atoms. The fourth-order valence-corrected chi connectivity index (χ4v) is 2.58. The summed E-state index contributed by atoms with van der Waals surface area (Å²) < 4.78 is 12.8. The maximum Gasteiger partial charge on any atom is 0.0701 e. The summed E-state index contributed by atoms with van der Waals surface area (Å²) in [5.41, 5.74) is 3.60. The minimum absolute atomic E-state index is 0.628. The van der Waals surface area contributed by atoms with Gasteiger partial charge in [0.1, 0.15) is 0 Å². The molecular weight excluding hydrogens is 276 g/mol. The number of nitrogens with zero attached hydrogens (tertiary/aromatic N) is 2. The number of rotatable bonds is 7. The summed E-state index contributed by atoms with van der Waals surface area (Å²) in [5.74, 6) is 0. The van der Waals surface area contributed by atoms with Gasteiger partial charge in [0.05, 0.1) is 25.3 Å². The van der Waals surface area contributed by atoms with Crippen LogP contribution in [-0.4, -0.2) is 36.5 Å². The normalized spacial score (nSPS) is 11.1. The number of methoxy groups -OCH3 is 1. The van der Waals surface area contributed by atoms with Gasteiger partial charge < -0.3 is 14.0 Å². The third kappa shape index (κ3) is 3.18. The summed E-state index contributed by atoms with van der Waals surface area (Å²) in [6.07, 6.45) is 5.95. The van der Waals surface area contributed by atoms with Crippen LogP contribution in [0.2, 0.25) is 0 Å². The van der Waals surface area contributed by atoms with Crippen molar-refractivity contribution in [3.63, 3.8) is 0 Å². The van der Waals surface area contributed by atoms with Crippen molar-refractivity contribution in [2.75, 3.05) is 26.9 Å². The van der Waals surface area contributed by atoms with Crippen LogP contribution in [0.25, 0.3) is 22.0 Å². The van der Waals surface area contributed by atoms with Crippen LogP contribution < -0.4 is 0 Å². The lowest BCUT2D eigenvalue weighted by atomic mass is 10.1. The fraction of sp³-hybridized carbons (Fsp3) is 0.278. The molecular formula is C18H20N2O2. The summed E-state index contributed by atoms with van der Waals surface area (Å²) in [4.78, 5) is 4.27. The molecule has 0 amide bonds. The molecule has 0 unspecified atom stereocenters. The minimum Gasteiger partial charge on any atom is -0.382 e. The predicted octanol–water partition coefficient (Wildman–Crippen LogP) is 3.37. The van der Waals surface area contributed by atoms with E-state index >= 15 is 0 Å². The molecule has 4 heteroatoms. The SMILES string of the molecule is COCCOCCn1cc(-c2ccccc2)c2cnccc21. The number of hydrogen-bond donors (Lipinski definition) is 0. The Labute approximate surface area is 130 Å². The summed E-state index contributed by atoms with van der Waals surface area (Å²) in [5, 5.41) is 1.17. The first kappa shape index (κ1) is 14.8. The molecule has 1 aromatic carbocycles. The molecule has 0 atom stereocenters. The monoisotopic (exact) mass is 296 g/mol. The van der Waals surface area contributed by atoms with Gasteiger partial charge in [0.2, 0.25) is 0 Å². The van der Waals surface area contributed by atoms with E-state index < -0.39 is 0 Å². The van der Waals surface area contributed by atoms with Crippen LogP contribution in [0.15, 0.2) is 55.0 Å². The Morgan fingerprint density at radius 2 is 1.91 bits per heavy atom. The van der Waals surface area contributed by atoms with Crippen molar-refractivity contribution < 1.29 is 9.47 Å². The molecule has 0 aliphatic rings. The van der Waals surface area contributed by atoms with Gasteiger partial charge >= 0.3 is 0 Å². The summed E-state index contributed by atoms with van der Waals surface area (Å²) in [6.45, 7) is 2.75. The Hall–Kier alpha value is -2.17. The zero-order valence-electron chi connectivity index (χ0n) is 12.7. The van der Waals surface area contributed by atoms with E-state index in [2.05, 4.69) is 46.1 Å². The zero-order chi connectivity index (χ0) is 15.2. The van der Waals surface area contributed by atoms with E-state index in [1.807, 2.05) is 18.5 Å². The van der Waals surface area contributed by atoms with Crippen LogP contribution in [0.4, 0.5) is 0 Å². The first-order valence-corrected chi connectivity index (χ1v) is 7.45. The van der Waals surface area contributed by atoms with Gasteiger partial charge in [-0.1, -0.05) is 30.3 Å². The smallest absolute Gasteiger partial charge is 0.0701 e. The number of hydrogen-bond acceptors (Lipinski definition) is 3. The van der Waals surface area contributed by atoms with Crippen LogP contribution in [0, 0.1) is 0 Å². The highest BCUT2D eigenvalue weighted by molar-refractivity contribution is 5.95. The van der Waals surface area contributed by atoms with E-state index in [1.54, 1.807) is 7.11 Å². The molecule has 0 radical (unpaired) electrons. The topological polar surface area (TPSA) is 36.3 Å². The Kier molecular flexibility index (Phi) is 4.83. The number of ether oxygens (including phenoxy) is 2. The molecule has 3 aromatic rings. The van der Waals surface area contributed by atoms with Crippen LogP contribution in [0.5, 0.6) is 0 Å². The van der Waals surface area contributed by atoms with Gasteiger partial charge in [0.25, 0.3) is 0 Å². The van der Waals surface area contributed by atoms with Crippen molar-refractivity contribution in [2.45, 2.75) is 6.54 Å². The molecule has 0 bridgehead atoms. The second kappa shape index (κ2) is 7.20. The number of fused-ring (bicyclic) bond motifs is 1. The highest BCUT2D eigenvalue weighted by Gasteiger charge is 2.09. The summed E-state index contributed by atoms with van der Waals surface area (Å²) in [7, 11) is 1.68. The van der Waals surface area contributed by atoms with Crippen LogP contribution in [-0.2, 0) is 16.0 Å². The Morgan fingerprint density at radius 1 is 1.05 bits per heavy atom. The molecule has 0 aliphatic carbocycles. The molecule has 0 N–H and O–H groups in total. The van der Waals surface area contributed by atoms with Crippen molar-refractivity contribution in [3.8, 4) is 11.1 Å². The first-order valence-electron chi connectivity index (χ1n) is 7.45. The Morgan fingerprint density at radius 3 is 2.73 bits per heavy atom. The van der Waals surface area contributed by atoms with E-state index in [0.717, 1.165) is 6.54 Å². The fourth-order valence-electron chi connectivity index (χ4n) is 2.58. The Bertz CT molecular complexity index is 722. The first-order chi connectivity index (χ1) is 10.9. The van der Waals surface area contributed by atoms with Crippen LogP contribution in [0.1, 0.15) is 0 Å². The predicted molar refractivity (Wildman–Crippen MR) is 87.9 cm³/mol. The van der Waals surface area contributed by atoms with E-state index in [-0.39, 0.29) is 0 Å². The number of aromatic nitrogens is 2. The third-order valence-electron chi connectivity index (χ3n) is 3.68. The summed E-state index contributed by atoms with van der Waals surface area (Å²) >= 11 is 0. The average Bonchev–Trinajstić information content (AvgIpc) is 2.95. The van der Waals surface area contributed by atoms with Gasteiger partial charge in [-0.05, 0) is 11.6 Å². The van der Waals surface area contributed by atoms with Crippen LogP contribution >= 0.6 is 0 Å². The Balaban J connectivity index is 1.85. The number of benzene rings is 1. The standard InChI is InChI=1S/C18H20N2O2/c1-21-11-12-22-10-9-20-14-17(15-5-3-2-4-6-15)16-13-19-8-7-18(16)20/h2-8,13-14H,9-12H2,1H3. The van der Waals surface area contributed by atoms with Crippen molar-refractivity contribution in [3.05, 3.63) is 55.0 Å². The molecule has 0 spiro atoms. The summed E-state index contributed by atoms with van der Waals surface area (Å²) in [6, 6.07) is 12.5. The second-order valence-corrected chi connectivity index (χ2v) is 5.10. The molecule has 114 valence electrons. The highest BCUT2D eigenvalue weighted by Crippen LogP contribution is 2.29. The molecule has 4 nitrogen and oxygen atoms in total. The lowest BCUT2D eigenvalue weighted by molar-refractivity contribution is 0.0670. The minimum atomic E-state index is 0.628. The van der Waals surface area contributed by atoms with Crippen molar-refractivity contribution >= 4 is 10.9 Å². The van der Waals surface area contributed by atoms with Gasteiger partial charge in [-0.2, -0.15) is 0 Å².